The van der Waals surface area contributed by atoms with Gasteiger partial charge in [0.1, 0.15) is 19.0 Å². The molecule has 0 heterocycles. The van der Waals surface area contributed by atoms with Crippen molar-refractivity contribution in [2.75, 3.05) is 19.8 Å². The molecule has 0 saturated heterocycles. The van der Waals surface area contributed by atoms with Crippen molar-refractivity contribution in [1.29, 1.82) is 0 Å². The second-order valence-corrected chi connectivity index (χ2v) is 3.77. The topological polar surface area (TPSA) is 18.5 Å². The van der Waals surface area contributed by atoms with Gasteiger partial charge in [0, 0.05) is 0 Å². The first-order valence-corrected chi connectivity index (χ1v) is 5.36. The summed E-state index contributed by atoms with van der Waals surface area (Å²) in [5.74, 6) is -1.73. The van der Waals surface area contributed by atoms with Gasteiger partial charge in [-0.3, -0.25) is 0 Å². The number of hydrogen-bond acceptors (Lipinski definition) is 2. The molecule has 21 heavy (non-hydrogen) atoms. The van der Waals surface area contributed by atoms with Gasteiger partial charge < -0.3 is 22.4 Å². The van der Waals surface area contributed by atoms with Crippen LogP contribution in [0.5, 0.6) is 5.75 Å². The molecule has 114 valence electrons. The van der Waals surface area contributed by atoms with E-state index in [4.69, 9.17) is 0 Å². The Labute approximate surface area is 158 Å². The molecule has 0 saturated carbocycles. The van der Waals surface area contributed by atoms with E-state index < -0.39 is 50.0 Å². The van der Waals surface area contributed by atoms with E-state index in [1.54, 1.807) is 0 Å². The Morgan fingerprint density at radius 2 is 1.67 bits per heavy atom. The minimum Gasteiger partial charge on any atom is -0.494 e. The van der Waals surface area contributed by atoms with Crippen LogP contribution in [0.3, 0.4) is 0 Å². The molecule has 0 fully saturated rings. The first-order chi connectivity index (χ1) is 9.09. The van der Waals surface area contributed by atoms with Crippen molar-refractivity contribution in [2.24, 2.45) is 0 Å². The largest absolute Gasteiger partial charge is 1.00 e. The van der Waals surface area contributed by atoms with Gasteiger partial charge in [0.05, 0.1) is 12.4 Å². The molecule has 0 aliphatic heterocycles. The van der Waals surface area contributed by atoms with Crippen LogP contribution >= 0.6 is 0 Å². The van der Waals surface area contributed by atoms with E-state index in [-0.39, 0.29) is 57.5 Å². The van der Waals surface area contributed by atoms with E-state index in [1.807, 2.05) is 0 Å². The van der Waals surface area contributed by atoms with Gasteiger partial charge in [-0.05, 0) is 18.2 Å². The maximum Gasteiger partial charge on any atom is 1.00 e. The molecule has 0 spiro atoms. The van der Waals surface area contributed by atoms with Crippen molar-refractivity contribution < 1.29 is 91.4 Å². The summed E-state index contributed by atoms with van der Waals surface area (Å²) >= 11 is 0. The number of hydrogen-bond donors (Lipinski definition) is 0. The molecule has 1 aromatic carbocycles. The average Bonchev–Trinajstić information content (AvgIpc) is 2.27. The molecule has 0 aromatic heterocycles. The van der Waals surface area contributed by atoms with Crippen LogP contribution in [0.25, 0.3) is 0 Å². The van der Waals surface area contributed by atoms with Crippen LogP contribution in [-0.4, -0.2) is 33.0 Å². The van der Waals surface area contributed by atoms with Gasteiger partial charge in [-0.25, -0.2) is 4.39 Å². The van der Waals surface area contributed by atoms with Crippen LogP contribution in [-0.2, 0) is 4.74 Å². The molecule has 0 aliphatic rings. The molecular weight excluding hydrogens is 335 g/mol. The van der Waals surface area contributed by atoms with E-state index in [0.29, 0.717) is 0 Å². The Morgan fingerprint density at radius 1 is 1.05 bits per heavy atom. The van der Waals surface area contributed by atoms with Crippen molar-refractivity contribution in [3.8, 4) is 5.75 Å². The standard InChI is InChI=1S/C10H9BF7O2.K/c12-7-1-2-9(8(5-7)11(16,17)18)20-4-3-19-6-10(13,14)15;/h1-2,5H,3-4,6H2;/q-1;+1. The quantitative estimate of drug-likeness (QED) is 0.406. The third-order valence-electron chi connectivity index (χ3n) is 2.08. The van der Waals surface area contributed by atoms with Crippen LogP contribution in [0.1, 0.15) is 0 Å². The number of ether oxygens (including phenoxy) is 2. The Kier molecular flexibility index (Phi) is 8.81. The normalized spacial score (nSPS) is 12.0. The van der Waals surface area contributed by atoms with Crippen molar-refractivity contribution in [2.45, 2.75) is 6.18 Å². The second-order valence-electron chi connectivity index (χ2n) is 3.77. The molecule has 0 bridgehead atoms. The molecule has 0 aliphatic carbocycles. The minimum absolute atomic E-state index is 0. The van der Waals surface area contributed by atoms with Gasteiger partial charge in [0.25, 0.3) is 0 Å². The van der Waals surface area contributed by atoms with Crippen LogP contribution in [0, 0.1) is 5.82 Å². The van der Waals surface area contributed by atoms with E-state index in [1.165, 1.54) is 0 Å². The van der Waals surface area contributed by atoms with Gasteiger partial charge in [-0.2, -0.15) is 13.2 Å². The fourth-order valence-corrected chi connectivity index (χ4v) is 1.31. The summed E-state index contributed by atoms with van der Waals surface area (Å²) in [7, 11) is 0. The second kappa shape index (κ2) is 8.73. The predicted molar refractivity (Wildman–Crippen MR) is 57.5 cm³/mol. The Bertz CT molecular complexity index is 450. The van der Waals surface area contributed by atoms with E-state index in [2.05, 4.69) is 9.47 Å². The number of benzene rings is 1. The van der Waals surface area contributed by atoms with E-state index in [9.17, 15) is 30.5 Å². The monoisotopic (exact) mass is 344 g/mol. The Balaban J connectivity index is 0.00000400. The summed E-state index contributed by atoms with van der Waals surface area (Å²) in [5.41, 5.74) is -1.28. The molecule has 11 heteroatoms. The summed E-state index contributed by atoms with van der Waals surface area (Å²) in [5, 5.41) is 0. The third kappa shape index (κ3) is 8.41. The molecule has 0 N–H and O–H groups in total. The summed E-state index contributed by atoms with van der Waals surface area (Å²) in [6.07, 6.45) is -4.52. The fourth-order valence-electron chi connectivity index (χ4n) is 1.31. The maximum absolute atomic E-state index is 12.8. The Morgan fingerprint density at radius 3 is 2.19 bits per heavy atom. The summed E-state index contributed by atoms with van der Waals surface area (Å²) < 4.78 is 94.5. The fraction of sp³-hybridized carbons (Fsp3) is 0.400. The van der Waals surface area contributed by atoms with Gasteiger partial charge >= 0.3 is 64.5 Å². The van der Waals surface area contributed by atoms with Crippen LogP contribution in [0.2, 0.25) is 0 Å². The number of halogens is 7. The maximum atomic E-state index is 12.8. The minimum atomic E-state index is -5.49. The van der Waals surface area contributed by atoms with Crippen LogP contribution in [0.15, 0.2) is 18.2 Å². The molecule has 0 atom stereocenters. The zero-order valence-corrected chi connectivity index (χ0v) is 14.0. The SMILES string of the molecule is Fc1ccc(OCCOCC(F)(F)F)c([B-](F)(F)F)c1.[K+]. The first kappa shape index (κ1) is 21.2. The van der Waals surface area contributed by atoms with E-state index >= 15 is 0 Å². The molecule has 1 aromatic rings. The molecule has 0 unspecified atom stereocenters. The summed E-state index contributed by atoms with van der Waals surface area (Å²) in [6.45, 7) is -8.06. The van der Waals surface area contributed by atoms with Crippen molar-refractivity contribution in [1.82, 2.24) is 0 Å². The van der Waals surface area contributed by atoms with Crippen LogP contribution < -0.4 is 61.6 Å². The number of rotatable bonds is 6. The van der Waals surface area contributed by atoms with Crippen molar-refractivity contribution in [3.05, 3.63) is 24.0 Å². The molecule has 0 radical (unpaired) electrons. The predicted octanol–water partition coefficient (Wildman–Crippen LogP) is -0.158. The van der Waals surface area contributed by atoms with E-state index in [0.717, 1.165) is 12.1 Å². The van der Waals surface area contributed by atoms with Crippen molar-refractivity contribution >= 4 is 12.4 Å². The van der Waals surface area contributed by atoms with Gasteiger partial charge in [0.15, 0.2) is 0 Å². The smallest absolute Gasteiger partial charge is 0.494 e. The van der Waals surface area contributed by atoms with Gasteiger partial charge in [-0.1, -0.05) is 5.46 Å². The summed E-state index contributed by atoms with van der Waals surface area (Å²) in [6, 6.07) is 1.80. The third-order valence-corrected chi connectivity index (χ3v) is 2.08. The number of alkyl halides is 3. The molecular formula is C10H9BF7KO2. The molecule has 0 amide bonds. The zero-order chi connectivity index (χ0) is 15.4. The van der Waals surface area contributed by atoms with Crippen molar-refractivity contribution in [3.63, 3.8) is 0 Å². The molecule has 1 rings (SSSR count). The van der Waals surface area contributed by atoms with Gasteiger partial charge in [-0.15, -0.1) is 0 Å². The first-order valence-electron chi connectivity index (χ1n) is 5.36. The summed E-state index contributed by atoms with van der Waals surface area (Å²) in [4.78, 5) is 0. The average molecular weight is 344 g/mol. The Hall–Kier alpha value is 0.191. The van der Waals surface area contributed by atoms with Crippen LogP contribution in [0.4, 0.5) is 30.5 Å². The molecule has 2 nitrogen and oxygen atoms in total. The van der Waals surface area contributed by atoms with Gasteiger partial charge in [0.2, 0.25) is 0 Å². The zero-order valence-electron chi connectivity index (χ0n) is 10.9.